The third kappa shape index (κ3) is 3.66. The fraction of sp³-hybridized carbons (Fsp3) is 0.526. The molecule has 3 heterocycles. The minimum atomic E-state index is -0.106. The normalized spacial score (nSPS) is 23.7. The maximum Gasteiger partial charge on any atom is 0.322 e. The van der Waals surface area contributed by atoms with Crippen LogP contribution in [0.5, 0.6) is 5.75 Å². The van der Waals surface area contributed by atoms with Gasteiger partial charge in [0.25, 0.3) is 0 Å². The molecule has 28 heavy (non-hydrogen) atoms. The number of hydrogen-bond donors (Lipinski definition) is 1. The first-order valence-electron chi connectivity index (χ1n) is 9.41. The van der Waals surface area contributed by atoms with E-state index >= 15 is 0 Å². The van der Waals surface area contributed by atoms with Crippen molar-refractivity contribution in [2.45, 2.75) is 50.4 Å². The summed E-state index contributed by atoms with van der Waals surface area (Å²) in [4.78, 5) is 15.0. The number of ether oxygens (including phenoxy) is 2. The Labute approximate surface area is 168 Å². The number of piperidine rings is 1. The summed E-state index contributed by atoms with van der Waals surface area (Å²) >= 11 is 6.08. The Hall–Kier alpha value is -2.32. The van der Waals surface area contributed by atoms with Crippen LogP contribution in [-0.4, -0.2) is 52.2 Å². The van der Waals surface area contributed by atoms with Crippen LogP contribution < -0.4 is 10.1 Å². The molecule has 9 heteroatoms. The molecule has 0 radical (unpaired) electrons. The lowest BCUT2D eigenvalue weighted by Crippen LogP contribution is -2.48. The molecule has 2 saturated heterocycles. The summed E-state index contributed by atoms with van der Waals surface area (Å²) in [5.74, 6) is 0.591. The van der Waals surface area contributed by atoms with Crippen LogP contribution in [0.2, 0.25) is 5.02 Å². The number of hydrogen-bond acceptors (Lipinski definition) is 5. The maximum absolute atomic E-state index is 13.0. The first-order chi connectivity index (χ1) is 13.6. The van der Waals surface area contributed by atoms with Gasteiger partial charge in [-0.1, -0.05) is 16.8 Å². The molecule has 2 fully saturated rings. The highest BCUT2D eigenvalue weighted by molar-refractivity contribution is 6.31. The highest BCUT2D eigenvalue weighted by atomic mass is 35.5. The number of carbonyl (C=O) groups excluding carboxylic acids is 1. The summed E-state index contributed by atoms with van der Waals surface area (Å²) < 4.78 is 12.4. The van der Waals surface area contributed by atoms with Gasteiger partial charge in [0, 0.05) is 24.2 Å². The molecule has 1 N–H and O–H groups in total. The zero-order valence-electron chi connectivity index (χ0n) is 16.0. The van der Waals surface area contributed by atoms with E-state index in [9.17, 15) is 4.79 Å². The number of aromatic nitrogens is 3. The van der Waals surface area contributed by atoms with Crippen LogP contribution >= 0.6 is 11.6 Å². The molecule has 0 saturated carbocycles. The molecule has 8 nitrogen and oxygen atoms in total. The molecule has 1 aromatic carbocycles. The zero-order valence-corrected chi connectivity index (χ0v) is 16.7. The Bertz CT molecular complexity index is 844. The highest BCUT2D eigenvalue weighted by Gasteiger charge is 2.44. The number of nitrogens with one attached hydrogen (secondary N) is 1. The number of nitrogens with zero attached hydrogens (tertiary/aromatic N) is 4. The fourth-order valence-corrected chi connectivity index (χ4v) is 4.53. The van der Waals surface area contributed by atoms with Crippen molar-refractivity contribution in [1.82, 2.24) is 19.9 Å². The molecule has 0 spiro atoms. The maximum atomic E-state index is 13.0. The molecule has 4 rings (SSSR count). The summed E-state index contributed by atoms with van der Waals surface area (Å²) in [5, 5.41) is 11.9. The lowest BCUT2D eigenvalue weighted by Gasteiger charge is -2.38. The van der Waals surface area contributed by atoms with Crippen LogP contribution in [0.25, 0.3) is 0 Å². The van der Waals surface area contributed by atoms with E-state index in [0.29, 0.717) is 23.1 Å². The zero-order chi connectivity index (χ0) is 19.7. The van der Waals surface area contributed by atoms with Crippen molar-refractivity contribution in [1.29, 1.82) is 0 Å². The number of amides is 2. The molecule has 2 aliphatic rings. The second kappa shape index (κ2) is 7.97. The summed E-state index contributed by atoms with van der Waals surface area (Å²) in [7, 11) is 3.22. The third-order valence-electron chi connectivity index (χ3n) is 5.57. The first kappa shape index (κ1) is 19.0. The standard InChI is InChI=1S/C19H24ClN5O3/c1-27-11-13-10-24(23-22-13)16-8-14-4-5-15(9-16)25(14)19(26)21-17-7-12(20)3-6-18(17)28-2/h3,6-7,10,14-16H,4-5,8-9,11H2,1-2H3,(H,21,26). The third-order valence-corrected chi connectivity index (χ3v) is 5.81. The van der Waals surface area contributed by atoms with E-state index in [0.717, 1.165) is 31.4 Å². The molecule has 2 unspecified atom stereocenters. The largest absolute Gasteiger partial charge is 0.495 e. The SMILES string of the molecule is COCc1cn(C2CC3CCC(C2)N3C(=O)Nc2cc(Cl)ccc2OC)nn1. The fourth-order valence-electron chi connectivity index (χ4n) is 4.36. The van der Waals surface area contributed by atoms with Crippen molar-refractivity contribution in [3.8, 4) is 5.75 Å². The minimum absolute atomic E-state index is 0.106. The topological polar surface area (TPSA) is 81.5 Å². The van der Waals surface area contributed by atoms with E-state index in [-0.39, 0.29) is 24.2 Å². The number of methoxy groups -OCH3 is 2. The molecular weight excluding hydrogens is 382 g/mol. The van der Waals surface area contributed by atoms with Crippen LogP contribution in [0, 0.1) is 0 Å². The minimum Gasteiger partial charge on any atom is -0.495 e. The Morgan fingerprint density at radius 2 is 2.00 bits per heavy atom. The predicted molar refractivity (Wildman–Crippen MR) is 105 cm³/mol. The molecule has 150 valence electrons. The summed E-state index contributed by atoms with van der Waals surface area (Å²) in [6.45, 7) is 0.454. The quantitative estimate of drug-likeness (QED) is 0.823. The van der Waals surface area contributed by atoms with Crippen molar-refractivity contribution in [2.75, 3.05) is 19.5 Å². The van der Waals surface area contributed by atoms with Gasteiger partial charge in [-0.05, 0) is 43.9 Å². The summed E-state index contributed by atoms with van der Waals surface area (Å²) in [6.07, 6.45) is 5.68. The smallest absolute Gasteiger partial charge is 0.322 e. The van der Waals surface area contributed by atoms with E-state index in [1.165, 1.54) is 0 Å². The summed E-state index contributed by atoms with van der Waals surface area (Å²) in [6, 6.07) is 5.71. The van der Waals surface area contributed by atoms with Crippen LogP contribution in [0.1, 0.15) is 37.4 Å². The number of benzene rings is 1. The van der Waals surface area contributed by atoms with Crippen molar-refractivity contribution < 1.29 is 14.3 Å². The average Bonchev–Trinajstić information content (AvgIpc) is 3.24. The van der Waals surface area contributed by atoms with Crippen molar-refractivity contribution in [3.05, 3.63) is 35.1 Å². The van der Waals surface area contributed by atoms with Gasteiger partial charge in [-0.15, -0.1) is 5.10 Å². The average molecular weight is 406 g/mol. The monoisotopic (exact) mass is 405 g/mol. The Morgan fingerprint density at radius 3 is 2.68 bits per heavy atom. The number of anilines is 1. The van der Waals surface area contributed by atoms with Crippen molar-refractivity contribution in [3.63, 3.8) is 0 Å². The molecular formula is C19H24ClN5O3. The molecule has 0 aliphatic carbocycles. The van der Waals surface area contributed by atoms with Gasteiger partial charge in [0.05, 0.1) is 31.6 Å². The number of fused-ring (bicyclic) bond motifs is 2. The lowest BCUT2D eigenvalue weighted by atomic mass is 9.98. The van der Waals surface area contributed by atoms with E-state index in [1.54, 1.807) is 32.4 Å². The van der Waals surface area contributed by atoms with Gasteiger partial charge in [0.1, 0.15) is 11.4 Å². The van der Waals surface area contributed by atoms with Gasteiger partial charge >= 0.3 is 6.03 Å². The molecule has 2 bridgehead atoms. The van der Waals surface area contributed by atoms with Gasteiger partial charge in [0.2, 0.25) is 0 Å². The number of rotatable bonds is 5. The Kier molecular flexibility index (Phi) is 5.41. The number of urea groups is 1. The van der Waals surface area contributed by atoms with Crippen molar-refractivity contribution in [2.24, 2.45) is 0 Å². The Balaban J connectivity index is 1.46. The second-order valence-electron chi connectivity index (χ2n) is 7.32. The molecule has 1 aromatic heterocycles. The van der Waals surface area contributed by atoms with E-state index < -0.39 is 0 Å². The van der Waals surface area contributed by atoms with Gasteiger partial charge < -0.3 is 19.7 Å². The van der Waals surface area contributed by atoms with Crippen LogP contribution in [0.3, 0.4) is 0 Å². The van der Waals surface area contributed by atoms with Crippen LogP contribution in [0.4, 0.5) is 10.5 Å². The summed E-state index contributed by atoms with van der Waals surface area (Å²) in [5.41, 5.74) is 1.41. The van der Waals surface area contributed by atoms with Crippen LogP contribution in [-0.2, 0) is 11.3 Å². The molecule has 2 atom stereocenters. The van der Waals surface area contributed by atoms with Gasteiger partial charge in [-0.2, -0.15) is 0 Å². The van der Waals surface area contributed by atoms with E-state index in [4.69, 9.17) is 21.1 Å². The molecule has 2 aromatic rings. The lowest BCUT2D eigenvalue weighted by molar-refractivity contribution is 0.129. The number of halogens is 1. The van der Waals surface area contributed by atoms with E-state index in [2.05, 4.69) is 15.6 Å². The van der Waals surface area contributed by atoms with Gasteiger partial charge in [-0.25, -0.2) is 9.48 Å². The van der Waals surface area contributed by atoms with Gasteiger partial charge in [-0.3, -0.25) is 0 Å². The number of carbonyl (C=O) groups is 1. The second-order valence-corrected chi connectivity index (χ2v) is 7.75. The van der Waals surface area contributed by atoms with E-state index in [1.807, 2.05) is 15.8 Å². The Morgan fingerprint density at radius 1 is 1.25 bits per heavy atom. The molecule has 2 amide bonds. The van der Waals surface area contributed by atoms with Crippen LogP contribution in [0.15, 0.2) is 24.4 Å². The van der Waals surface area contributed by atoms with Gasteiger partial charge in [0.15, 0.2) is 0 Å². The predicted octanol–water partition coefficient (Wildman–Crippen LogP) is 3.49. The highest BCUT2D eigenvalue weighted by Crippen LogP contribution is 2.41. The van der Waals surface area contributed by atoms with Crippen molar-refractivity contribution >= 4 is 23.3 Å². The first-order valence-corrected chi connectivity index (χ1v) is 9.79. The molecule has 2 aliphatic heterocycles.